The van der Waals surface area contributed by atoms with Crippen molar-refractivity contribution < 1.29 is 4.39 Å². The fourth-order valence-corrected chi connectivity index (χ4v) is 2.32. The first kappa shape index (κ1) is 11.8. The van der Waals surface area contributed by atoms with Crippen LogP contribution >= 0.6 is 0 Å². The summed E-state index contributed by atoms with van der Waals surface area (Å²) in [7, 11) is 1.93. The Kier molecular flexibility index (Phi) is 2.99. The first-order chi connectivity index (χ1) is 9.25. The number of rotatable bonds is 3. The van der Waals surface area contributed by atoms with Crippen molar-refractivity contribution in [1.29, 1.82) is 0 Å². The third-order valence-electron chi connectivity index (χ3n) is 3.38. The standard InChI is InChI=1S/C15H14FN3/c1-19-10-17-18-15(19)9-7-11-6-8-14(16)13-5-3-2-4-12(11)13/h2-6,8,10H,7,9H2,1H3. The number of aromatic nitrogens is 3. The van der Waals surface area contributed by atoms with E-state index >= 15 is 0 Å². The summed E-state index contributed by atoms with van der Waals surface area (Å²) in [5, 5.41) is 9.59. The topological polar surface area (TPSA) is 30.7 Å². The summed E-state index contributed by atoms with van der Waals surface area (Å²) >= 11 is 0. The zero-order chi connectivity index (χ0) is 13.2. The lowest BCUT2D eigenvalue weighted by Gasteiger charge is -2.07. The monoisotopic (exact) mass is 255 g/mol. The second kappa shape index (κ2) is 4.80. The maximum absolute atomic E-state index is 13.7. The Morgan fingerprint density at radius 3 is 2.58 bits per heavy atom. The van der Waals surface area contributed by atoms with E-state index < -0.39 is 0 Å². The quantitative estimate of drug-likeness (QED) is 0.720. The summed E-state index contributed by atoms with van der Waals surface area (Å²) < 4.78 is 15.6. The molecule has 0 aliphatic rings. The van der Waals surface area contributed by atoms with Crippen LogP contribution in [-0.2, 0) is 19.9 Å². The molecule has 96 valence electrons. The highest BCUT2D eigenvalue weighted by Crippen LogP contribution is 2.22. The van der Waals surface area contributed by atoms with Gasteiger partial charge in [0.2, 0.25) is 0 Å². The Hall–Kier alpha value is -2.23. The maximum atomic E-state index is 13.7. The van der Waals surface area contributed by atoms with Crippen molar-refractivity contribution >= 4 is 10.8 Å². The van der Waals surface area contributed by atoms with E-state index in [2.05, 4.69) is 10.2 Å². The summed E-state index contributed by atoms with van der Waals surface area (Å²) in [6, 6.07) is 11.0. The van der Waals surface area contributed by atoms with Crippen LogP contribution in [0.2, 0.25) is 0 Å². The molecule has 0 N–H and O–H groups in total. The Labute approximate surface area is 110 Å². The molecule has 2 aromatic carbocycles. The van der Waals surface area contributed by atoms with Gasteiger partial charge in [-0.05, 0) is 23.4 Å². The molecule has 0 aliphatic heterocycles. The molecule has 0 radical (unpaired) electrons. The molecule has 0 aliphatic carbocycles. The van der Waals surface area contributed by atoms with Gasteiger partial charge in [-0.15, -0.1) is 10.2 Å². The minimum absolute atomic E-state index is 0.169. The lowest BCUT2D eigenvalue weighted by atomic mass is 10.0. The number of hydrogen-bond donors (Lipinski definition) is 0. The van der Waals surface area contributed by atoms with Crippen molar-refractivity contribution in [3.63, 3.8) is 0 Å². The number of benzene rings is 2. The Bertz CT molecular complexity index is 718. The van der Waals surface area contributed by atoms with Crippen LogP contribution in [0.1, 0.15) is 11.4 Å². The number of hydrogen-bond acceptors (Lipinski definition) is 2. The number of aryl methyl sites for hydroxylation is 3. The van der Waals surface area contributed by atoms with E-state index in [4.69, 9.17) is 0 Å². The minimum Gasteiger partial charge on any atom is -0.321 e. The van der Waals surface area contributed by atoms with E-state index in [0.29, 0.717) is 5.39 Å². The Morgan fingerprint density at radius 2 is 1.84 bits per heavy atom. The van der Waals surface area contributed by atoms with Crippen molar-refractivity contribution in [3.05, 3.63) is 59.9 Å². The van der Waals surface area contributed by atoms with Crippen LogP contribution in [0, 0.1) is 5.82 Å². The van der Waals surface area contributed by atoms with Crippen LogP contribution in [0.25, 0.3) is 10.8 Å². The molecule has 0 amide bonds. The first-order valence-corrected chi connectivity index (χ1v) is 6.24. The van der Waals surface area contributed by atoms with Crippen molar-refractivity contribution in [3.8, 4) is 0 Å². The fourth-order valence-electron chi connectivity index (χ4n) is 2.32. The highest BCUT2D eigenvalue weighted by molar-refractivity contribution is 5.86. The second-order valence-electron chi connectivity index (χ2n) is 4.61. The molecule has 3 aromatic rings. The molecule has 1 heterocycles. The molecule has 4 heteroatoms. The van der Waals surface area contributed by atoms with Gasteiger partial charge < -0.3 is 4.57 Å². The van der Waals surface area contributed by atoms with Gasteiger partial charge in [-0.25, -0.2) is 4.39 Å². The van der Waals surface area contributed by atoms with Crippen LogP contribution in [0.3, 0.4) is 0 Å². The molecule has 0 saturated carbocycles. The van der Waals surface area contributed by atoms with Gasteiger partial charge >= 0.3 is 0 Å². The molecule has 0 spiro atoms. The van der Waals surface area contributed by atoms with Gasteiger partial charge in [0, 0.05) is 18.9 Å². The molecule has 0 fully saturated rings. The Morgan fingerprint density at radius 1 is 1.05 bits per heavy atom. The van der Waals surface area contributed by atoms with Gasteiger partial charge in [-0.3, -0.25) is 0 Å². The van der Waals surface area contributed by atoms with Crippen LogP contribution in [-0.4, -0.2) is 14.8 Å². The maximum Gasteiger partial charge on any atom is 0.132 e. The second-order valence-corrected chi connectivity index (χ2v) is 4.61. The van der Waals surface area contributed by atoms with Crippen LogP contribution in [0.5, 0.6) is 0 Å². The lowest BCUT2D eigenvalue weighted by Crippen LogP contribution is -2.00. The average molecular weight is 255 g/mol. The predicted octanol–water partition coefficient (Wildman–Crippen LogP) is 2.89. The highest BCUT2D eigenvalue weighted by atomic mass is 19.1. The third kappa shape index (κ3) is 2.21. The molecular formula is C15H14FN3. The summed E-state index contributed by atoms with van der Waals surface area (Å²) in [5.41, 5.74) is 1.14. The molecule has 3 rings (SSSR count). The van der Waals surface area contributed by atoms with Gasteiger partial charge in [-0.1, -0.05) is 30.3 Å². The molecular weight excluding hydrogens is 241 g/mol. The molecule has 1 aromatic heterocycles. The fraction of sp³-hybridized carbons (Fsp3) is 0.200. The first-order valence-electron chi connectivity index (χ1n) is 6.24. The minimum atomic E-state index is -0.169. The van der Waals surface area contributed by atoms with Crippen molar-refractivity contribution in [2.45, 2.75) is 12.8 Å². The largest absolute Gasteiger partial charge is 0.321 e. The SMILES string of the molecule is Cn1cnnc1CCc1ccc(F)c2ccccc12. The van der Waals surface area contributed by atoms with E-state index in [9.17, 15) is 4.39 Å². The number of fused-ring (bicyclic) bond motifs is 1. The Balaban J connectivity index is 1.93. The zero-order valence-corrected chi connectivity index (χ0v) is 10.7. The van der Waals surface area contributed by atoms with Gasteiger partial charge in [0.1, 0.15) is 18.0 Å². The van der Waals surface area contributed by atoms with Crippen molar-refractivity contribution in [1.82, 2.24) is 14.8 Å². The van der Waals surface area contributed by atoms with E-state index in [1.54, 1.807) is 6.33 Å². The van der Waals surface area contributed by atoms with Crippen LogP contribution in [0.15, 0.2) is 42.7 Å². The molecule has 0 saturated heterocycles. The van der Waals surface area contributed by atoms with Gasteiger partial charge in [-0.2, -0.15) is 0 Å². The van der Waals surface area contributed by atoms with E-state index in [1.165, 1.54) is 6.07 Å². The molecule has 0 unspecified atom stereocenters. The third-order valence-corrected chi connectivity index (χ3v) is 3.38. The molecule has 0 atom stereocenters. The van der Waals surface area contributed by atoms with E-state index in [-0.39, 0.29) is 5.82 Å². The van der Waals surface area contributed by atoms with Gasteiger partial charge in [0.15, 0.2) is 0 Å². The van der Waals surface area contributed by atoms with Gasteiger partial charge in [0.25, 0.3) is 0 Å². The van der Waals surface area contributed by atoms with Crippen LogP contribution in [0.4, 0.5) is 4.39 Å². The molecule has 0 bridgehead atoms. The van der Waals surface area contributed by atoms with Crippen molar-refractivity contribution in [2.24, 2.45) is 7.05 Å². The summed E-state index contributed by atoms with van der Waals surface area (Å²) in [5.74, 6) is 0.770. The van der Waals surface area contributed by atoms with Gasteiger partial charge in [0.05, 0.1) is 0 Å². The summed E-state index contributed by atoms with van der Waals surface area (Å²) in [6.07, 6.45) is 3.32. The summed E-state index contributed by atoms with van der Waals surface area (Å²) in [4.78, 5) is 0. The summed E-state index contributed by atoms with van der Waals surface area (Å²) in [6.45, 7) is 0. The number of nitrogens with zero attached hydrogens (tertiary/aromatic N) is 3. The average Bonchev–Trinajstić information content (AvgIpc) is 2.84. The van der Waals surface area contributed by atoms with E-state index in [1.807, 2.05) is 41.9 Å². The molecule has 3 nitrogen and oxygen atoms in total. The van der Waals surface area contributed by atoms with E-state index in [0.717, 1.165) is 29.6 Å². The highest BCUT2D eigenvalue weighted by Gasteiger charge is 2.07. The predicted molar refractivity (Wildman–Crippen MR) is 72.3 cm³/mol. The lowest BCUT2D eigenvalue weighted by molar-refractivity contribution is 0.639. The normalized spacial score (nSPS) is 11.1. The van der Waals surface area contributed by atoms with Crippen molar-refractivity contribution in [2.75, 3.05) is 0 Å². The van der Waals surface area contributed by atoms with Crippen LogP contribution < -0.4 is 0 Å². The zero-order valence-electron chi connectivity index (χ0n) is 10.7. The smallest absolute Gasteiger partial charge is 0.132 e. The number of halogens is 1. The molecule has 19 heavy (non-hydrogen) atoms.